The number of tetrazole rings is 1. The molecular weight excluding hydrogens is 216 g/mol. The Bertz CT molecular complexity index is 411. The fraction of sp³-hybridized carbons (Fsp3) is 0.286. The Morgan fingerprint density at radius 1 is 1.60 bits per heavy atom. The monoisotopic (exact) mass is 224 g/mol. The number of amides is 1. The van der Waals surface area contributed by atoms with E-state index in [4.69, 9.17) is 0 Å². The van der Waals surface area contributed by atoms with Crippen LogP contribution in [0.2, 0.25) is 0 Å². The minimum Gasteiger partial charge on any atom is -0.349 e. The minimum atomic E-state index is -0.333. The molecule has 2 heterocycles. The van der Waals surface area contributed by atoms with Crippen molar-refractivity contribution in [2.45, 2.75) is 6.42 Å². The molecule has 2 aromatic heterocycles. The highest BCUT2D eigenvalue weighted by Gasteiger charge is 2.09. The second-order valence-electron chi connectivity index (χ2n) is 2.67. The molecule has 0 fully saturated rings. The summed E-state index contributed by atoms with van der Waals surface area (Å²) in [5.41, 5.74) is 0. The van der Waals surface area contributed by atoms with Gasteiger partial charge in [-0.2, -0.15) is 5.21 Å². The number of aromatic amines is 1. The van der Waals surface area contributed by atoms with Gasteiger partial charge < -0.3 is 5.32 Å². The third-order valence-corrected chi connectivity index (χ3v) is 2.50. The zero-order valence-electron chi connectivity index (χ0n) is 7.67. The van der Waals surface area contributed by atoms with Crippen molar-refractivity contribution in [2.75, 3.05) is 6.54 Å². The molecule has 0 aliphatic heterocycles. The zero-order chi connectivity index (χ0) is 10.5. The smallest absolute Gasteiger partial charge is 0.292 e. The number of rotatable bonds is 4. The van der Waals surface area contributed by atoms with Crippen molar-refractivity contribution in [3.63, 3.8) is 0 Å². The van der Waals surface area contributed by atoms with Crippen molar-refractivity contribution in [3.8, 4) is 0 Å². The van der Waals surface area contributed by atoms with E-state index in [2.05, 4.69) is 30.9 Å². The van der Waals surface area contributed by atoms with Crippen LogP contribution in [0.1, 0.15) is 15.6 Å². The SMILES string of the molecule is O=C(NCCc1nccs1)c1nn[nH]n1. The summed E-state index contributed by atoms with van der Waals surface area (Å²) in [6, 6.07) is 0. The highest BCUT2D eigenvalue weighted by molar-refractivity contribution is 7.09. The van der Waals surface area contributed by atoms with Crippen LogP contribution in [-0.2, 0) is 6.42 Å². The number of nitrogens with one attached hydrogen (secondary N) is 2. The van der Waals surface area contributed by atoms with E-state index in [1.165, 1.54) is 0 Å². The molecule has 15 heavy (non-hydrogen) atoms. The molecule has 0 unspecified atom stereocenters. The average Bonchev–Trinajstić information content (AvgIpc) is 2.90. The number of carbonyl (C=O) groups excluding carboxylic acids is 1. The van der Waals surface area contributed by atoms with Crippen LogP contribution in [-0.4, -0.2) is 38.1 Å². The predicted molar refractivity (Wildman–Crippen MR) is 52.3 cm³/mol. The van der Waals surface area contributed by atoms with Crippen molar-refractivity contribution in [1.29, 1.82) is 0 Å². The van der Waals surface area contributed by atoms with Gasteiger partial charge in [-0.05, 0) is 5.21 Å². The number of aromatic nitrogens is 5. The van der Waals surface area contributed by atoms with Gasteiger partial charge in [-0.15, -0.1) is 21.5 Å². The highest BCUT2D eigenvalue weighted by atomic mass is 32.1. The first-order chi connectivity index (χ1) is 7.36. The largest absolute Gasteiger partial charge is 0.349 e. The van der Waals surface area contributed by atoms with E-state index in [9.17, 15) is 4.79 Å². The summed E-state index contributed by atoms with van der Waals surface area (Å²) in [7, 11) is 0. The number of carbonyl (C=O) groups is 1. The molecule has 1 amide bonds. The van der Waals surface area contributed by atoms with Crippen molar-refractivity contribution in [1.82, 2.24) is 30.9 Å². The summed E-state index contributed by atoms with van der Waals surface area (Å²) in [6.07, 6.45) is 2.45. The maximum Gasteiger partial charge on any atom is 0.292 e. The standard InChI is InChI=1S/C7H8N6OS/c14-7(6-10-12-13-11-6)9-2-1-5-8-3-4-15-5/h3-4H,1-2H2,(H,9,14)(H,10,11,12,13). The number of hydrogen-bond donors (Lipinski definition) is 2. The summed E-state index contributed by atoms with van der Waals surface area (Å²) >= 11 is 1.56. The third-order valence-electron chi connectivity index (χ3n) is 1.66. The molecule has 0 saturated carbocycles. The Labute approximate surface area is 88.9 Å². The summed E-state index contributed by atoms with van der Waals surface area (Å²) in [5.74, 6) is -0.283. The maximum atomic E-state index is 11.3. The molecule has 0 aromatic carbocycles. The first-order valence-electron chi connectivity index (χ1n) is 4.26. The van der Waals surface area contributed by atoms with Crippen LogP contribution in [0.5, 0.6) is 0 Å². The van der Waals surface area contributed by atoms with Gasteiger partial charge in [0.15, 0.2) is 0 Å². The van der Waals surface area contributed by atoms with Crippen molar-refractivity contribution < 1.29 is 4.79 Å². The van der Waals surface area contributed by atoms with Crippen LogP contribution in [0.3, 0.4) is 0 Å². The van der Waals surface area contributed by atoms with Gasteiger partial charge in [-0.25, -0.2) is 4.98 Å². The minimum absolute atomic E-state index is 0.0501. The van der Waals surface area contributed by atoms with Crippen LogP contribution >= 0.6 is 11.3 Å². The summed E-state index contributed by atoms with van der Waals surface area (Å²) in [4.78, 5) is 15.4. The highest BCUT2D eigenvalue weighted by Crippen LogP contribution is 2.03. The Kier molecular flexibility index (Phi) is 2.98. The summed E-state index contributed by atoms with van der Waals surface area (Å²) in [6.45, 7) is 0.515. The Balaban J connectivity index is 1.77. The second kappa shape index (κ2) is 4.60. The van der Waals surface area contributed by atoms with E-state index >= 15 is 0 Å². The molecule has 0 radical (unpaired) electrons. The number of hydrogen-bond acceptors (Lipinski definition) is 6. The van der Waals surface area contributed by atoms with Crippen molar-refractivity contribution in [2.24, 2.45) is 0 Å². The molecule has 78 valence electrons. The van der Waals surface area contributed by atoms with E-state index in [1.54, 1.807) is 17.5 Å². The molecule has 7 nitrogen and oxygen atoms in total. The second-order valence-corrected chi connectivity index (χ2v) is 3.65. The molecule has 2 rings (SSSR count). The molecule has 0 atom stereocenters. The predicted octanol–water partition coefficient (Wildman–Crippen LogP) is -0.371. The van der Waals surface area contributed by atoms with Crippen LogP contribution < -0.4 is 5.32 Å². The van der Waals surface area contributed by atoms with Gasteiger partial charge in [0.05, 0.1) is 5.01 Å². The lowest BCUT2D eigenvalue weighted by atomic mass is 10.4. The van der Waals surface area contributed by atoms with E-state index < -0.39 is 0 Å². The van der Waals surface area contributed by atoms with E-state index in [0.29, 0.717) is 13.0 Å². The lowest BCUT2D eigenvalue weighted by Gasteiger charge is -1.98. The molecular formula is C7H8N6OS. The van der Waals surface area contributed by atoms with Crippen LogP contribution in [0.4, 0.5) is 0 Å². The van der Waals surface area contributed by atoms with Gasteiger partial charge in [0.25, 0.3) is 11.7 Å². The van der Waals surface area contributed by atoms with Gasteiger partial charge in [0, 0.05) is 24.5 Å². The molecule has 0 aliphatic carbocycles. The first kappa shape index (κ1) is 9.71. The van der Waals surface area contributed by atoms with Gasteiger partial charge in [-0.1, -0.05) is 0 Å². The third kappa shape index (κ3) is 2.56. The molecule has 2 aromatic rings. The van der Waals surface area contributed by atoms with E-state index in [-0.39, 0.29) is 11.7 Å². The molecule has 2 N–H and O–H groups in total. The Morgan fingerprint density at radius 2 is 2.53 bits per heavy atom. The zero-order valence-corrected chi connectivity index (χ0v) is 8.49. The fourth-order valence-corrected chi connectivity index (χ4v) is 1.62. The fourth-order valence-electron chi connectivity index (χ4n) is 0.996. The van der Waals surface area contributed by atoms with Gasteiger partial charge in [0.2, 0.25) is 0 Å². The number of thiazole rings is 1. The molecule has 0 bridgehead atoms. The Morgan fingerprint density at radius 3 is 3.20 bits per heavy atom. The molecule has 0 saturated heterocycles. The lowest BCUT2D eigenvalue weighted by Crippen LogP contribution is -2.26. The van der Waals surface area contributed by atoms with Gasteiger partial charge in [-0.3, -0.25) is 4.79 Å². The summed E-state index contributed by atoms with van der Waals surface area (Å²) < 4.78 is 0. The lowest BCUT2D eigenvalue weighted by molar-refractivity contribution is 0.0944. The molecule has 0 spiro atoms. The van der Waals surface area contributed by atoms with Gasteiger partial charge >= 0.3 is 0 Å². The molecule has 8 heteroatoms. The van der Waals surface area contributed by atoms with E-state index in [1.807, 2.05) is 5.38 Å². The van der Waals surface area contributed by atoms with E-state index in [0.717, 1.165) is 5.01 Å². The normalized spacial score (nSPS) is 10.1. The van der Waals surface area contributed by atoms with Crippen LogP contribution in [0.25, 0.3) is 0 Å². The first-order valence-corrected chi connectivity index (χ1v) is 5.14. The maximum absolute atomic E-state index is 11.3. The molecule has 0 aliphatic rings. The average molecular weight is 224 g/mol. The number of nitrogens with zero attached hydrogens (tertiary/aromatic N) is 4. The quantitative estimate of drug-likeness (QED) is 0.738. The van der Waals surface area contributed by atoms with Crippen molar-refractivity contribution >= 4 is 17.2 Å². The van der Waals surface area contributed by atoms with Gasteiger partial charge in [0.1, 0.15) is 0 Å². The topological polar surface area (TPSA) is 96.5 Å². The number of H-pyrrole nitrogens is 1. The Hall–Kier alpha value is -1.83. The van der Waals surface area contributed by atoms with Crippen LogP contribution in [0, 0.1) is 0 Å². The van der Waals surface area contributed by atoms with Crippen molar-refractivity contribution in [3.05, 3.63) is 22.4 Å². The summed E-state index contributed by atoms with van der Waals surface area (Å²) in [5, 5.41) is 18.2. The van der Waals surface area contributed by atoms with Crippen LogP contribution in [0.15, 0.2) is 11.6 Å².